The Morgan fingerprint density at radius 2 is 1.80 bits per heavy atom. The van der Waals surface area contributed by atoms with Gasteiger partial charge < -0.3 is 15.1 Å². The second-order valence-electron chi connectivity index (χ2n) is 10.1. The second-order valence-corrected chi connectivity index (χ2v) is 10.1. The van der Waals surface area contributed by atoms with Crippen molar-refractivity contribution in [1.82, 2.24) is 29.7 Å². The zero-order chi connectivity index (χ0) is 28.6. The molecular weight excluding hydrogens is 539 g/mol. The molecule has 0 aliphatic carbocycles. The summed E-state index contributed by atoms with van der Waals surface area (Å²) in [6.45, 7) is -1.55. The number of rotatable bonds is 4. The summed E-state index contributed by atoms with van der Waals surface area (Å²) in [5.74, 6) is -4.11. The van der Waals surface area contributed by atoms with Crippen molar-refractivity contribution >= 4 is 23.1 Å². The number of hydrogen-bond donors (Lipinski definition) is 2. The summed E-state index contributed by atoms with van der Waals surface area (Å²) in [7, 11) is 0. The standard InChI is InChI=1S/C26H27F5N6O3/c27-18-4-1-3-17(21(18)28)15-6-7-19(23(38)36(13-15)14-26(29,30)31)33-24(39)35-11-8-16(9-12-35)37-20-5-2-10-32-22(20)34-25(37)40/h1-5,10,15-16,19H,6-9,11-14H2,(H,33,39)(H,32,34,40)/t15-,19-/m0/s1. The van der Waals surface area contributed by atoms with Crippen LogP contribution in [0.4, 0.5) is 26.7 Å². The van der Waals surface area contributed by atoms with Crippen LogP contribution in [0.1, 0.15) is 43.2 Å². The van der Waals surface area contributed by atoms with Crippen molar-refractivity contribution in [3.05, 3.63) is 64.2 Å². The number of alkyl halides is 3. The summed E-state index contributed by atoms with van der Waals surface area (Å²) in [4.78, 5) is 47.5. The first-order valence-corrected chi connectivity index (χ1v) is 12.9. The van der Waals surface area contributed by atoms with Gasteiger partial charge in [-0.25, -0.2) is 23.4 Å². The van der Waals surface area contributed by atoms with Gasteiger partial charge >= 0.3 is 17.9 Å². The van der Waals surface area contributed by atoms with Crippen molar-refractivity contribution in [3.8, 4) is 0 Å². The molecule has 2 N–H and O–H groups in total. The van der Waals surface area contributed by atoms with E-state index in [1.807, 2.05) is 0 Å². The molecule has 40 heavy (non-hydrogen) atoms. The van der Waals surface area contributed by atoms with Crippen LogP contribution >= 0.6 is 0 Å². The molecular formula is C26H27F5N6O3. The fraction of sp³-hybridized carbons (Fsp3) is 0.462. The lowest BCUT2D eigenvalue weighted by Gasteiger charge is -2.34. The van der Waals surface area contributed by atoms with E-state index in [9.17, 15) is 36.3 Å². The lowest BCUT2D eigenvalue weighted by molar-refractivity contribution is -0.162. The molecule has 2 aliphatic heterocycles. The predicted molar refractivity (Wildman–Crippen MR) is 133 cm³/mol. The Balaban J connectivity index is 1.28. The van der Waals surface area contributed by atoms with Crippen LogP contribution in [0.15, 0.2) is 41.3 Å². The van der Waals surface area contributed by atoms with E-state index in [0.29, 0.717) is 28.9 Å². The highest BCUT2D eigenvalue weighted by Gasteiger charge is 2.40. The highest BCUT2D eigenvalue weighted by Crippen LogP contribution is 2.32. The number of benzene rings is 1. The van der Waals surface area contributed by atoms with Gasteiger partial charge in [0.25, 0.3) is 0 Å². The van der Waals surface area contributed by atoms with Crippen LogP contribution in [0.3, 0.4) is 0 Å². The van der Waals surface area contributed by atoms with Crippen molar-refractivity contribution in [2.45, 2.75) is 49.9 Å². The Labute approximate surface area is 225 Å². The lowest BCUT2D eigenvalue weighted by Crippen LogP contribution is -2.54. The molecule has 0 radical (unpaired) electrons. The molecule has 0 bridgehead atoms. The maximum Gasteiger partial charge on any atom is 0.406 e. The fourth-order valence-corrected chi connectivity index (χ4v) is 5.63. The average Bonchev–Trinajstić information content (AvgIpc) is 3.18. The molecule has 2 saturated heterocycles. The van der Waals surface area contributed by atoms with Crippen LogP contribution in [-0.2, 0) is 4.79 Å². The van der Waals surface area contributed by atoms with E-state index in [1.165, 1.54) is 17.0 Å². The molecule has 3 aromatic rings. The van der Waals surface area contributed by atoms with Crippen LogP contribution in [0.2, 0.25) is 0 Å². The molecule has 4 heterocycles. The molecule has 5 rings (SSSR count). The number of aromatic amines is 1. The quantitative estimate of drug-likeness (QED) is 0.471. The molecule has 2 aliphatic rings. The Bertz CT molecular complexity index is 1460. The number of imidazole rings is 1. The van der Waals surface area contributed by atoms with Gasteiger partial charge in [-0.05, 0) is 49.4 Å². The summed E-state index contributed by atoms with van der Waals surface area (Å²) in [5.41, 5.74) is 0.680. The largest absolute Gasteiger partial charge is 0.406 e. The topological polar surface area (TPSA) is 103 Å². The molecule has 214 valence electrons. The molecule has 0 spiro atoms. The molecule has 2 aromatic heterocycles. The van der Waals surface area contributed by atoms with Crippen LogP contribution in [-0.4, -0.2) is 74.7 Å². The SMILES string of the molecule is O=C(N[C@H]1CC[C@H](c2cccc(F)c2F)CN(CC(F)(F)F)C1=O)N1CCC(n2c(=O)[nH]c3ncccc32)CC1. The smallest absolute Gasteiger partial charge is 0.331 e. The molecule has 0 saturated carbocycles. The third-order valence-electron chi connectivity index (χ3n) is 7.55. The zero-order valence-electron chi connectivity index (χ0n) is 21.3. The van der Waals surface area contributed by atoms with Gasteiger partial charge in [0.2, 0.25) is 5.91 Å². The van der Waals surface area contributed by atoms with Crippen LogP contribution < -0.4 is 11.0 Å². The number of nitrogens with zero attached hydrogens (tertiary/aromatic N) is 4. The molecule has 2 atom stereocenters. The van der Waals surface area contributed by atoms with E-state index in [0.717, 1.165) is 6.07 Å². The Kier molecular flexibility index (Phi) is 7.51. The van der Waals surface area contributed by atoms with E-state index in [1.54, 1.807) is 22.9 Å². The van der Waals surface area contributed by atoms with E-state index < -0.39 is 54.8 Å². The fourth-order valence-electron chi connectivity index (χ4n) is 5.63. The van der Waals surface area contributed by atoms with Gasteiger partial charge in [0.05, 0.1) is 5.52 Å². The lowest BCUT2D eigenvalue weighted by atomic mass is 9.93. The highest BCUT2D eigenvalue weighted by atomic mass is 19.4. The maximum atomic E-state index is 14.5. The molecule has 3 amide bonds. The average molecular weight is 567 g/mol. The summed E-state index contributed by atoms with van der Waals surface area (Å²) < 4.78 is 69.9. The number of H-pyrrole nitrogens is 1. The summed E-state index contributed by atoms with van der Waals surface area (Å²) in [6, 6.07) is 4.87. The molecule has 0 unspecified atom stereocenters. The zero-order valence-corrected chi connectivity index (χ0v) is 21.3. The number of urea groups is 1. The van der Waals surface area contributed by atoms with Crippen molar-refractivity contribution in [3.63, 3.8) is 0 Å². The van der Waals surface area contributed by atoms with E-state index in [-0.39, 0.29) is 43.2 Å². The van der Waals surface area contributed by atoms with Crippen LogP contribution in [0.5, 0.6) is 0 Å². The number of halogens is 5. The van der Waals surface area contributed by atoms with Gasteiger partial charge in [-0.1, -0.05) is 12.1 Å². The molecule has 1 aromatic carbocycles. The maximum absolute atomic E-state index is 14.5. The molecule has 9 nitrogen and oxygen atoms in total. The van der Waals surface area contributed by atoms with E-state index >= 15 is 0 Å². The number of piperidine rings is 1. The number of hydrogen-bond acceptors (Lipinski definition) is 4. The Morgan fingerprint density at radius 1 is 1.05 bits per heavy atom. The van der Waals surface area contributed by atoms with Gasteiger partial charge in [0.15, 0.2) is 17.3 Å². The minimum atomic E-state index is -4.72. The minimum absolute atomic E-state index is 0.0479. The van der Waals surface area contributed by atoms with Crippen molar-refractivity contribution in [1.29, 1.82) is 0 Å². The number of carbonyl (C=O) groups excluding carboxylic acids is 2. The monoisotopic (exact) mass is 566 g/mol. The minimum Gasteiger partial charge on any atom is -0.331 e. The van der Waals surface area contributed by atoms with Gasteiger partial charge in [-0.15, -0.1) is 0 Å². The predicted octanol–water partition coefficient (Wildman–Crippen LogP) is 3.69. The third-order valence-corrected chi connectivity index (χ3v) is 7.55. The van der Waals surface area contributed by atoms with Crippen molar-refractivity contribution < 1.29 is 31.5 Å². The first-order valence-electron chi connectivity index (χ1n) is 12.9. The third kappa shape index (κ3) is 5.65. The summed E-state index contributed by atoms with van der Waals surface area (Å²) in [5, 5.41) is 2.56. The van der Waals surface area contributed by atoms with Crippen molar-refractivity contribution in [2.24, 2.45) is 0 Å². The van der Waals surface area contributed by atoms with Gasteiger partial charge in [-0.2, -0.15) is 13.2 Å². The van der Waals surface area contributed by atoms with Gasteiger partial charge in [0, 0.05) is 37.8 Å². The second kappa shape index (κ2) is 10.9. The number of amides is 3. The Morgan fingerprint density at radius 3 is 2.52 bits per heavy atom. The molecule has 14 heteroatoms. The van der Waals surface area contributed by atoms with Gasteiger partial charge in [-0.3, -0.25) is 14.3 Å². The Hall–Kier alpha value is -3.97. The highest BCUT2D eigenvalue weighted by molar-refractivity contribution is 5.87. The number of fused-ring (bicyclic) bond motifs is 1. The number of aromatic nitrogens is 3. The van der Waals surface area contributed by atoms with E-state index in [2.05, 4.69) is 15.3 Å². The summed E-state index contributed by atoms with van der Waals surface area (Å²) >= 11 is 0. The van der Waals surface area contributed by atoms with Gasteiger partial charge in [0.1, 0.15) is 12.6 Å². The van der Waals surface area contributed by atoms with Crippen LogP contribution in [0.25, 0.3) is 11.2 Å². The molecule has 2 fully saturated rings. The first kappa shape index (κ1) is 27.6. The van der Waals surface area contributed by atoms with Crippen LogP contribution in [0, 0.1) is 11.6 Å². The van der Waals surface area contributed by atoms with Crippen molar-refractivity contribution in [2.75, 3.05) is 26.2 Å². The first-order chi connectivity index (χ1) is 19.0. The number of carbonyl (C=O) groups is 2. The number of pyridine rings is 1. The number of likely N-dealkylation sites (tertiary alicyclic amines) is 2. The van der Waals surface area contributed by atoms with E-state index in [4.69, 9.17) is 0 Å². The number of nitrogens with one attached hydrogen (secondary N) is 2. The normalized spacial score (nSPS) is 21.1. The summed E-state index contributed by atoms with van der Waals surface area (Å²) in [6.07, 6.45) is -2.27.